The van der Waals surface area contributed by atoms with Gasteiger partial charge in [-0.3, -0.25) is 4.79 Å². The molecule has 6 heteroatoms. The number of carbonyl (C=O) groups excluding carboxylic acids is 1. The first-order valence-electron chi connectivity index (χ1n) is 10.4. The van der Waals surface area contributed by atoms with Crippen LogP contribution in [0.3, 0.4) is 0 Å². The van der Waals surface area contributed by atoms with Gasteiger partial charge in [-0.05, 0) is 68.1 Å². The van der Waals surface area contributed by atoms with Crippen LogP contribution in [0.15, 0.2) is 24.3 Å². The Morgan fingerprint density at radius 1 is 1.07 bits per heavy atom. The second kappa shape index (κ2) is 9.69. The fourth-order valence-corrected chi connectivity index (χ4v) is 5.61. The Morgan fingerprint density at radius 3 is 2.39 bits per heavy atom. The summed E-state index contributed by atoms with van der Waals surface area (Å²) in [5.74, 6) is 1.72. The van der Waals surface area contributed by atoms with Crippen molar-refractivity contribution < 1.29 is 4.79 Å². The van der Waals surface area contributed by atoms with Crippen molar-refractivity contribution in [3.63, 3.8) is 0 Å². The smallest absolute Gasteiger partial charge is 0.226 e. The van der Waals surface area contributed by atoms with Gasteiger partial charge >= 0.3 is 0 Å². The van der Waals surface area contributed by atoms with Gasteiger partial charge < -0.3 is 15.5 Å². The zero-order valence-corrected chi connectivity index (χ0v) is 18.7. The maximum atomic E-state index is 13.4. The molecular formula is C22H35Cl2N3O. The van der Waals surface area contributed by atoms with Crippen molar-refractivity contribution in [3.8, 4) is 0 Å². The Bertz CT molecular complexity index is 655. The van der Waals surface area contributed by atoms with Gasteiger partial charge in [0.2, 0.25) is 5.91 Å². The molecule has 4 nitrogen and oxygen atoms in total. The van der Waals surface area contributed by atoms with Crippen molar-refractivity contribution in [1.29, 1.82) is 0 Å². The Kier molecular flexibility index (Phi) is 8.06. The summed E-state index contributed by atoms with van der Waals surface area (Å²) in [6.45, 7) is 0.910. The van der Waals surface area contributed by atoms with Crippen molar-refractivity contribution in [2.75, 3.05) is 25.5 Å². The van der Waals surface area contributed by atoms with Gasteiger partial charge in [-0.15, -0.1) is 24.8 Å². The summed E-state index contributed by atoms with van der Waals surface area (Å²) in [4.78, 5) is 17.7. The summed E-state index contributed by atoms with van der Waals surface area (Å²) in [7, 11) is 4.14. The fraction of sp³-hybridized carbons (Fsp3) is 0.682. The maximum absolute atomic E-state index is 13.4. The van der Waals surface area contributed by atoms with Crippen LogP contribution in [-0.4, -0.2) is 37.5 Å². The van der Waals surface area contributed by atoms with Crippen molar-refractivity contribution in [3.05, 3.63) is 29.8 Å². The zero-order chi connectivity index (χ0) is 18.3. The third-order valence-electron chi connectivity index (χ3n) is 7.07. The van der Waals surface area contributed by atoms with Crippen LogP contribution in [-0.2, 0) is 4.79 Å². The third kappa shape index (κ3) is 4.44. The maximum Gasteiger partial charge on any atom is 0.226 e. The number of likely N-dealkylation sites (tertiary alicyclic amines) is 1. The third-order valence-corrected chi connectivity index (χ3v) is 7.07. The Morgan fingerprint density at radius 2 is 1.75 bits per heavy atom. The number of amides is 1. The molecule has 2 N–H and O–H groups in total. The first-order valence-corrected chi connectivity index (χ1v) is 10.4. The monoisotopic (exact) mass is 427 g/mol. The van der Waals surface area contributed by atoms with E-state index in [2.05, 4.69) is 48.2 Å². The molecule has 2 saturated carbocycles. The van der Waals surface area contributed by atoms with E-state index in [0.29, 0.717) is 23.8 Å². The molecule has 1 amide bonds. The molecule has 3 fully saturated rings. The van der Waals surface area contributed by atoms with E-state index in [9.17, 15) is 4.79 Å². The minimum atomic E-state index is 0. The summed E-state index contributed by atoms with van der Waals surface area (Å²) in [6, 6.07) is 9.28. The minimum absolute atomic E-state index is 0. The lowest BCUT2D eigenvalue weighted by atomic mass is 9.65. The predicted octanol–water partition coefficient (Wildman–Crippen LogP) is 4.41. The highest BCUT2D eigenvalue weighted by atomic mass is 35.5. The summed E-state index contributed by atoms with van der Waals surface area (Å²) < 4.78 is 0. The summed E-state index contributed by atoms with van der Waals surface area (Å²) in [6.07, 6.45) is 7.96. The van der Waals surface area contributed by atoms with Gasteiger partial charge in [0.05, 0.1) is 6.04 Å². The highest BCUT2D eigenvalue weighted by Crippen LogP contribution is 2.44. The molecule has 158 valence electrons. The van der Waals surface area contributed by atoms with Crippen LogP contribution >= 0.6 is 24.8 Å². The largest absolute Gasteiger partial charge is 0.378 e. The number of hydrogen-bond donors (Lipinski definition) is 1. The van der Waals surface area contributed by atoms with E-state index in [1.807, 2.05) is 0 Å². The molecular weight excluding hydrogens is 393 g/mol. The molecule has 2 aliphatic carbocycles. The van der Waals surface area contributed by atoms with Crippen LogP contribution in [0.5, 0.6) is 0 Å². The normalized spacial score (nSPS) is 31.5. The minimum Gasteiger partial charge on any atom is -0.378 e. The van der Waals surface area contributed by atoms with Crippen molar-refractivity contribution in [1.82, 2.24) is 4.90 Å². The molecule has 1 aliphatic heterocycles. The number of anilines is 1. The molecule has 1 saturated heterocycles. The molecule has 3 unspecified atom stereocenters. The van der Waals surface area contributed by atoms with E-state index in [0.717, 1.165) is 32.2 Å². The van der Waals surface area contributed by atoms with E-state index < -0.39 is 0 Å². The van der Waals surface area contributed by atoms with E-state index in [1.165, 1.54) is 30.5 Å². The lowest BCUT2D eigenvalue weighted by Crippen LogP contribution is -2.49. The molecule has 0 radical (unpaired) electrons. The van der Waals surface area contributed by atoms with Crippen LogP contribution in [0, 0.1) is 17.8 Å². The molecule has 1 aromatic carbocycles. The van der Waals surface area contributed by atoms with Crippen LogP contribution in [0.2, 0.25) is 0 Å². The number of hydrogen-bond acceptors (Lipinski definition) is 3. The van der Waals surface area contributed by atoms with Crippen LogP contribution < -0.4 is 10.6 Å². The fourth-order valence-electron chi connectivity index (χ4n) is 5.61. The van der Waals surface area contributed by atoms with E-state index in [-0.39, 0.29) is 36.8 Å². The molecule has 1 aromatic rings. The number of nitrogens with two attached hydrogens (primary N) is 1. The van der Waals surface area contributed by atoms with Crippen molar-refractivity contribution in [2.45, 2.75) is 57.0 Å². The van der Waals surface area contributed by atoms with Gasteiger partial charge in [0.1, 0.15) is 0 Å². The van der Waals surface area contributed by atoms with E-state index in [4.69, 9.17) is 5.73 Å². The van der Waals surface area contributed by atoms with Crippen LogP contribution in [0.4, 0.5) is 5.69 Å². The molecule has 3 atom stereocenters. The average Bonchev–Trinajstić information content (AvgIpc) is 3.10. The molecule has 4 rings (SSSR count). The average molecular weight is 428 g/mol. The summed E-state index contributed by atoms with van der Waals surface area (Å²) >= 11 is 0. The standard InChI is InChI=1S/C22H33N3O.2ClH/c1-24(2)19-9-4-6-15(14-19)20-10-5-11-25(20)22(26)18-12-16-7-3-8-17(13-18)21(16)23;;/h4,6,9,14,16-18,20-21H,3,5,7-8,10-13,23H2,1-2H3;2*1H. The molecule has 0 spiro atoms. The topological polar surface area (TPSA) is 49.6 Å². The van der Waals surface area contributed by atoms with E-state index >= 15 is 0 Å². The van der Waals surface area contributed by atoms with Gasteiger partial charge in [-0.2, -0.15) is 0 Å². The van der Waals surface area contributed by atoms with Gasteiger partial charge in [0.25, 0.3) is 0 Å². The van der Waals surface area contributed by atoms with Crippen molar-refractivity contribution in [2.24, 2.45) is 23.5 Å². The van der Waals surface area contributed by atoms with E-state index in [1.54, 1.807) is 0 Å². The highest BCUT2D eigenvalue weighted by molar-refractivity contribution is 5.85. The Balaban J connectivity index is 0.00000140. The second-order valence-electron chi connectivity index (χ2n) is 8.88. The number of carbonyl (C=O) groups is 1. The molecule has 3 aliphatic rings. The van der Waals surface area contributed by atoms with Crippen molar-refractivity contribution >= 4 is 36.4 Å². The van der Waals surface area contributed by atoms with Gasteiger partial charge in [0.15, 0.2) is 0 Å². The molecule has 0 aromatic heterocycles. The summed E-state index contributed by atoms with van der Waals surface area (Å²) in [5.41, 5.74) is 8.93. The number of halogens is 2. The lowest BCUT2D eigenvalue weighted by molar-refractivity contribution is -0.139. The zero-order valence-electron chi connectivity index (χ0n) is 17.0. The van der Waals surface area contributed by atoms with Gasteiger partial charge in [0, 0.05) is 38.3 Å². The first-order chi connectivity index (χ1) is 12.5. The quantitative estimate of drug-likeness (QED) is 0.776. The number of rotatable bonds is 3. The number of fused-ring (bicyclic) bond motifs is 2. The highest BCUT2D eigenvalue weighted by Gasteiger charge is 2.43. The lowest BCUT2D eigenvalue weighted by Gasteiger charge is -2.44. The first kappa shape index (κ1) is 23.3. The molecule has 2 bridgehead atoms. The number of benzene rings is 1. The van der Waals surface area contributed by atoms with Crippen LogP contribution in [0.25, 0.3) is 0 Å². The van der Waals surface area contributed by atoms with Crippen LogP contribution in [0.1, 0.15) is 56.6 Å². The Hall–Kier alpha value is -0.970. The SMILES string of the molecule is CN(C)c1cccc(C2CCCN2C(=O)C2CC3CCCC(C2)C3N)c1.Cl.Cl. The predicted molar refractivity (Wildman–Crippen MR) is 120 cm³/mol. The molecule has 1 heterocycles. The van der Waals surface area contributed by atoms with Gasteiger partial charge in [-0.1, -0.05) is 18.6 Å². The van der Waals surface area contributed by atoms with Gasteiger partial charge in [-0.25, -0.2) is 0 Å². The summed E-state index contributed by atoms with van der Waals surface area (Å²) in [5, 5.41) is 0. The molecule has 28 heavy (non-hydrogen) atoms. The number of nitrogens with zero attached hydrogens (tertiary/aromatic N) is 2. The second-order valence-corrected chi connectivity index (χ2v) is 8.88. The Labute approximate surface area is 182 Å².